The second kappa shape index (κ2) is 10.7. The molecule has 1 heterocycles. The summed E-state index contributed by atoms with van der Waals surface area (Å²) in [5.41, 5.74) is 3.60. The molecule has 2 amide bonds. The van der Waals surface area contributed by atoms with E-state index in [0.29, 0.717) is 23.9 Å². The molecule has 0 aliphatic heterocycles. The van der Waals surface area contributed by atoms with E-state index in [9.17, 15) is 9.59 Å². The van der Waals surface area contributed by atoms with E-state index in [1.165, 1.54) is 12.5 Å². The van der Waals surface area contributed by atoms with Gasteiger partial charge in [0.2, 0.25) is 11.8 Å². The van der Waals surface area contributed by atoms with Crippen LogP contribution in [0.1, 0.15) is 12.5 Å². The van der Waals surface area contributed by atoms with Gasteiger partial charge in [0.1, 0.15) is 12.4 Å². The Labute approximate surface area is 180 Å². The zero-order valence-corrected chi connectivity index (χ0v) is 17.4. The van der Waals surface area contributed by atoms with Gasteiger partial charge in [-0.15, -0.1) is 10.2 Å². The molecule has 3 rings (SSSR count). The lowest BCUT2D eigenvalue weighted by atomic mass is 10.1. The van der Waals surface area contributed by atoms with Gasteiger partial charge in [0.15, 0.2) is 6.61 Å². The van der Waals surface area contributed by atoms with Gasteiger partial charge in [0.05, 0.1) is 12.2 Å². The van der Waals surface area contributed by atoms with Gasteiger partial charge in [-0.2, -0.15) is 0 Å². The van der Waals surface area contributed by atoms with Crippen LogP contribution in [0, 0.1) is 6.92 Å². The molecule has 1 aromatic heterocycles. The maximum atomic E-state index is 11.9. The van der Waals surface area contributed by atoms with Crippen LogP contribution in [0.2, 0.25) is 0 Å². The molecular formula is C23H24N4O4. The highest BCUT2D eigenvalue weighted by Crippen LogP contribution is 2.18. The van der Waals surface area contributed by atoms with Crippen LogP contribution in [0.25, 0.3) is 11.3 Å². The minimum atomic E-state index is -0.268. The summed E-state index contributed by atoms with van der Waals surface area (Å²) < 4.78 is 10.9. The Morgan fingerprint density at radius 2 is 1.65 bits per heavy atom. The van der Waals surface area contributed by atoms with Crippen molar-refractivity contribution in [1.82, 2.24) is 15.5 Å². The minimum absolute atomic E-state index is 0.120. The molecule has 0 spiro atoms. The van der Waals surface area contributed by atoms with Crippen molar-refractivity contribution in [2.75, 3.05) is 25.1 Å². The summed E-state index contributed by atoms with van der Waals surface area (Å²) in [4.78, 5) is 22.9. The first-order valence-corrected chi connectivity index (χ1v) is 9.80. The summed E-state index contributed by atoms with van der Waals surface area (Å²) in [6.45, 7) is 3.92. The minimum Gasteiger partial charge on any atom is -0.484 e. The van der Waals surface area contributed by atoms with Crippen LogP contribution in [0.5, 0.6) is 11.6 Å². The van der Waals surface area contributed by atoms with Crippen molar-refractivity contribution in [2.45, 2.75) is 13.8 Å². The molecular weight excluding hydrogens is 396 g/mol. The van der Waals surface area contributed by atoms with Crippen LogP contribution in [-0.2, 0) is 9.59 Å². The summed E-state index contributed by atoms with van der Waals surface area (Å²) in [5.74, 6) is 0.504. The van der Waals surface area contributed by atoms with Crippen molar-refractivity contribution in [3.05, 3.63) is 66.2 Å². The Morgan fingerprint density at radius 3 is 2.29 bits per heavy atom. The Bertz CT molecular complexity index is 1000. The van der Waals surface area contributed by atoms with E-state index in [2.05, 4.69) is 20.8 Å². The fraction of sp³-hybridized carbons (Fsp3) is 0.217. The molecule has 0 aliphatic rings. The highest BCUT2D eigenvalue weighted by atomic mass is 16.5. The van der Waals surface area contributed by atoms with Crippen LogP contribution in [0.4, 0.5) is 5.69 Å². The van der Waals surface area contributed by atoms with Gasteiger partial charge in [-0.3, -0.25) is 9.59 Å². The zero-order chi connectivity index (χ0) is 22.1. The van der Waals surface area contributed by atoms with Crippen molar-refractivity contribution < 1.29 is 19.1 Å². The molecule has 0 bridgehead atoms. The number of benzene rings is 2. The molecule has 0 atom stereocenters. The Morgan fingerprint density at radius 1 is 0.903 bits per heavy atom. The molecule has 0 saturated carbocycles. The fourth-order valence-corrected chi connectivity index (χ4v) is 2.66. The van der Waals surface area contributed by atoms with E-state index in [-0.39, 0.29) is 25.0 Å². The Balaban J connectivity index is 1.35. The number of aryl methyl sites for hydroxylation is 1. The Kier molecular flexibility index (Phi) is 7.53. The van der Waals surface area contributed by atoms with Gasteiger partial charge in [0.25, 0.3) is 5.91 Å². The number of aromatic nitrogens is 2. The smallest absolute Gasteiger partial charge is 0.258 e. The third-order valence-corrected chi connectivity index (χ3v) is 4.21. The normalized spacial score (nSPS) is 10.3. The quantitative estimate of drug-likeness (QED) is 0.516. The van der Waals surface area contributed by atoms with E-state index >= 15 is 0 Å². The highest BCUT2D eigenvalue weighted by molar-refractivity contribution is 5.88. The number of anilines is 1. The van der Waals surface area contributed by atoms with Crippen LogP contribution in [0.15, 0.2) is 60.7 Å². The lowest BCUT2D eigenvalue weighted by Gasteiger charge is -2.09. The van der Waals surface area contributed by atoms with Gasteiger partial charge in [-0.25, -0.2) is 0 Å². The molecule has 160 valence electrons. The number of hydrogen-bond donors (Lipinski definition) is 2. The van der Waals surface area contributed by atoms with E-state index < -0.39 is 0 Å². The zero-order valence-electron chi connectivity index (χ0n) is 17.4. The number of nitrogens with zero attached hydrogens (tertiary/aromatic N) is 2. The maximum Gasteiger partial charge on any atom is 0.258 e. The number of carbonyl (C=O) groups is 2. The highest BCUT2D eigenvalue weighted by Gasteiger charge is 2.05. The molecule has 8 nitrogen and oxygen atoms in total. The average molecular weight is 420 g/mol. The standard InChI is InChI=1S/C23H24N4O4/c1-16-3-5-18(6-4-16)21-11-12-23(27-26-21)30-14-13-24-22(29)15-31-20-9-7-19(8-10-20)25-17(2)28/h3-12H,13-15H2,1-2H3,(H,24,29)(H,25,28). The van der Waals surface area contributed by atoms with Gasteiger partial charge in [-0.1, -0.05) is 29.8 Å². The predicted molar refractivity (Wildman–Crippen MR) is 117 cm³/mol. The number of carbonyl (C=O) groups excluding carboxylic acids is 2. The molecule has 0 fully saturated rings. The van der Waals surface area contributed by atoms with Crippen molar-refractivity contribution in [2.24, 2.45) is 0 Å². The number of nitrogens with one attached hydrogen (secondary N) is 2. The van der Waals surface area contributed by atoms with Gasteiger partial charge in [0, 0.05) is 24.2 Å². The lowest BCUT2D eigenvalue weighted by Crippen LogP contribution is -2.32. The van der Waals surface area contributed by atoms with Crippen molar-refractivity contribution in [3.8, 4) is 22.9 Å². The van der Waals surface area contributed by atoms with Crippen molar-refractivity contribution >= 4 is 17.5 Å². The predicted octanol–water partition coefficient (Wildman–Crippen LogP) is 2.98. The molecule has 3 aromatic rings. The maximum absolute atomic E-state index is 11.9. The molecule has 31 heavy (non-hydrogen) atoms. The largest absolute Gasteiger partial charge is 0.484 e. The van der Waals surface area contributed by atoms with Crippen molar-refractivity contribution in [1.29, 1.82) is 0 Å². The van der Waals surface area contributed by atoms with Gasteiger partial charge in [-0.05, 0) is 37.3 Å². The van der Waals surface area contributed by atoms with Crippen LogP contribution < -0.4 is 20.1 Å². The third-order valence-electron chi connectivity index (χ3n) is 4.21. The fourth-order valence-electron chi connectivity index (χ4n) is 2.66. The second-order valence-corrected chi connectivity index (χ2v) is 6.82. The molecule has 0 saturated heterocycles. The van der Waals surface area contributed by atoms with Gasteiger partial charge < -0.3 is 20.1 Å². The summed E-state index contributed by atoms with van der Waals surface area (Å²) in [7, 11) is 0. The molecule has 2 N–H and O–H groups in total. The van der Waals surface area contributed by atoms with Gasteiger partial charge >= 0.3 is 0 Å². The van der Waals surface area contributed by atoms with E-state index in [1.807, 2.05) is 37.3 Å². The topological polar surface area (TPSA) is 102 Å². The second-order valence-electron chi connectivity index (χ2n) is 6.82. The van der Waals surface area contributed by atoms with Crippen molar-refractivity contribution in [3.63, 3.8) is 0 Å². The third kappa shape index (κ3) is 7.11. The SMILES string of the molecule is CC(=O)Nc1ccc(OCC(=O)NCCOc2ccc(-c3ccc(C)cc3)nn2)cc1. The number of rotatable bonds is 9. The van der Waals surface area contributed by atoms with E-state index in [0.717, 1.165) is 11.3 Å². The van der Waals surface area contributed by atoms with Crippen LogP contribution in [-0.4, -0.2) is 41.8 Å². The molecule has 8 heteroatoms. The van der Waals surface area contributed by atoms with E-state index in [1.54, 1.807) is 30.3 Å². The summed E-state index contributed by atoms with van der Waals surface area (Å²) in [6.07, 6.45) is 0. The number of amides is 2. The number of hydrogen-bond acceptors (Lipinski definition) is 6. The first-order valence-electron chi connectivity index (χ1n) is 9.80. The summed E-state index contributed by atoms with van der Waals surface area (Å²) in [5, 5.41) is 13.6. The first kappa shape index (κ1) is 21.8. The van der Waals surface area contributed by atoms with Crippen LogP contribution in [0.3, 0.4) is 0 Å². The average Bonchev–Trinajstić information content (AvgIpc) is 2.77. The monoisotopic (exact) mass is 420 g/mol. The first-order chi connectivity index (χ1) is 15.0. The lowest BCUT2D eigenvalue weighted by molar-refractivity contribution is -0.123. The molecule has 0 aliphatic carbocycles. The van der Waals surface area contributed by atoms with E-state index in [4.69, 9.17) is 9.47 Å². The number of ether oxygens (including phenoxy) is 2. The van der Waals surface area contributed by atoms with Crippen LogP contribution >= 0.6 is 0 Å². The molecule has 0 unspecified atom stereocenters. The molecule has 2 aromatic carbocycles. The summed E-state index contributed by atoms with van der Waals surface area (Å²) >= 11 is 0. The molecule has 0 radical (unpaired) electrons. The Hall–Kier alpha value is -3.94. The summed E-state index contributed by atoms with van der Waals surface area (Å²) in [6, 6.07) is 18.4.